The van der Waals surface area contributed by atoms with Crippen LogP contribution in [-0.4, -0.2) is 36.2 Å². The van der Waals surface area contributed by atoms with Crippen LogP contribution < -0.4 is 9.47 Å². The molecule has 33 heavy (non-hydrogen) atoms. The van der Waals surface area contributed by atoms with Crippen molar-refractivity contribution < 1.29 is 19.4 Å². The van der Waals surface area contributed by atoms with Crippen LogP contribution >= 0.6 is 11.6 Å². The number of carbonyl (C=O) groups is 1. The summed E-state index contributed by atoms with van der Waals surface area (Å²) in [5, 5.41) is 10.3. The monoisotopic (exact) mass is 465 g/mol. The average molecular weight is 466 g/mol. The lowest BCUT2D eigenvalue weighted by Crippen LogP contribution is -2.41. The molecule has 0 radical (unpaired) electrons. The molecule has 2 unspecified atom stereocenters. The van der Waals surface area contributed by atoms with Crippen molar-refractivity contribution in [1.29, 1.82) is 0 Å². The first-order valence-corrected chi connectivity index (χ1v) is 11.5. The topological polar surface area (TPSA) is 59.0 Å². The van der Waals surface area contributed by atoms with E-state index in [1.165, 1.54) is 0 Å². The Morgan fingerprint density at radius 3 is 2.48 bits per heavy atom. The van der Waals surface area contributed by atoms with E-state index in [0.717, 1.165) is 29.7 Å². The zero-order chi connectivity index (χ0) is 23.2. The van der Waals surface area contributed by atoms with Crippen molar-refractivity contribution in [3.8, 4) is 11.5 Å². The van der Waals surface area contributed by atoms with Crippen molar-refractivity contribution in [2.45, 2.75) is 25.5 Å². The maximum Gasteiger partial charge on any atom is 0.307 e. The van der Waals surface area contributed by atoms with E-state index in [9.17, 15) is 9.90 Å². The Morgan fingerprint density at radius 1 is 1.06 bits per heavy atom. The second-order valence-corrected chi connectivity index (χ2v) is 8.75. The molecule has 1 aliphatic heterocycles. The zero-order valence-corrected chi connectivity index (χ0v) is 19.4. The summed E-state index contributed by atoms with van der Waals surface area (Å²) >= 11 is 6.14. The number of rotatable bonds is 8. The summed E-state index contributed by atoms with van der Waals surface area (Å²) in [5.74, 6) is 0.205. The predicted molar refractivity (Wildman–Crippen MR) is 129 cm³/mol. The molecule has 0 aliphatic carbocycles. The molecule has 2 atom stereocenters. The molecule has 1 heterocycles. The van der Waals surface area contributed by atoms with Gasteiger partial charge in [0.25, 0.3) is 0 Å². The molecule has 1 N–H and O–H groups in total. The maximum absolute atomic E-state index is 11.7. The molecule has 1 fully saturated rings. The van der Waals surface area contributed by atoms with Crippen LogP contribution in [0.15, 0.2) is 72.8 Å². The van der Waals surface area contributed by atoms with E-state index in [-0.39, 0.29) is 12.0 Å². The third-order valence-electron chi connectivity index (χ3n) is 6.09. The van der Waals surface area contributed by atoms with Crippen LogP contribution in [0.1, 0.15) is 35.6 Å². The van der Waals surface area contributed by atoms with Gasteiger partial charge >= 0.3 is 5.97 Å². The molecular formula is C27H28ClNO4. The van der Waals surface area contributed by atoms with Gasteiger partial charge in [0.15, 0.2) is 11.5 Å². The van der Waals surface area contributed by atoms with Gasteiger partial charge in [-0.05, 0) is 60.3 Å². The summed E-state index contributed by atoms with van der Waals surface area (Å²) in [4.78, 5) is 13.9. The molecule has 0 aromatic heterocycles. The number of piperidine rings is 1. The van der Waals surface area contributed by atoms with E-state index >= 15 is 0 Å². The second kappa shape index (κ2) is 10.7. The van der Waals surface area contributed by atoms with E-state index in [4.69, 9.17) is 21.1 Å². The summed E-state index contributed by atoms with van der Waals surface area (Å²) in [6.45, 7) is 1.77. The van der Waals surface area contributed by atoms with Gasteiger partial charge in [-0.1, -0.05) is 60.1 Å². The number of halogens is 1. The number of methoxy groups -OCH3 is 1. The van der Waals surface area contributed by atoms with Crippen molar-refractivity contribution in [3.63, 3.8) is 0 Å². The molecule has 3 aromatic rings. The van der Waals surface area contributed by atoms with E-state index in [1.807, 2.05) is 72.8 Å². The molecular weight excluding hydrogens is 438 g/mol. The van der Waals surface area contributed by atoms with Gasteiger partial charge in [-0.2, -0.15) is 0 Å². The van der Waals surface area contributed by atoms with Crippen LogP contribution in [-0.2, 0) is 11.4 Å². The van der Waals surface area contributed by atoms with Crippen LogP contribution in [0.25, 0.3) is 0 Å². The normalized spacial score (nSPS) is 17.3. The largest absolute Gasteiger partial charge is 0.493 e. The molecule has 6 heteroatoms. The van der Waals surface area contributed by atoms with Crippen molar-refractivity contribution >= 4 is 17.6 Å². The lowest BCUT2D eigenvalue weighted by atomic mass is 9.91. The third kappa shape index (κ3) is 5.67. The Kier molecular flexibility index (Phi) is 7.53. The van der Waals surface area contributed by atoms with E-state index in [2.05, 4.69) is 4.90 Å². The highest BCUT2D eigenvalue weighted by Gasteiger charge is 2.31. The summed E-state index contributed by atoms with van der Waals surface area (Å²) in [6.07, 6.45) is 1.55. The zero-order valence-electron chi connectivity index (χ0n) is 18.6. The second-order valence-electron chi connectivity index (χ2n) is 8.31. The number of nitrogens with zero attached hydrogens (tertiary/aromatic N) is 1. The molecule has 0 spiro atoms. The minimum atomic E-state index is -0.739. The van der Waals surface area contributed by atoms with Gasteiger partial charge in [-0.15, -0.1) is 0 Å². The summed E-state index contributed by atoms with van der Waals surface area (Å²) in [5.41, 5.74) is 3.16. The average Bonchev–Trinajstić information content (AvgIpc) is 2.85. The minimum Gasteiger partial charge on any atom is -0.493 e. The summed E-state index contributed by atoms with van der Waals surface area (Å²) < 4.78 is 11.7. The predicted octanol–water partition coefficient (Wildman–Crippen LogP) is 5.81. The molecule has 5 nitrogen and oxygen atoms in total. The highest BCUT2D eigenvalue weighted by atomic mass is 35.5. The van der Waals surface area contributed by atoms with Crippen molar-refractivity contribution in [2.24, 2.45) is 5.92 Å². The Labute approximate surface area is 199 Å². The molecule has 1 aliphatic rings. The first kappa shape index (κ1) is 23.1. The van der Waals surface area contributed by atoms with Crippen LogP contribution in [0.4, 0.5) is 0 Å². The van der Waals surface area contributed by atoms with Gasteiger partial charge in [-0.3, -0.25) is 9.69 Å². The fourth-order valence-corrected chi connectivity index (χ4v) is 4.54. The van der Waals surface area contributed by atoms with E-state index in [0.29, 0.717) is 36.1 Å². The Hall–Kier alpha value is -3.02. The van der Waals surface area contributed by atoms with Crippen molar-refractivity contribution in [1.82, 2.24) is 4.90 Å². The quantitative estimate of drug-likeness (QED) is 0.454. The van der Waals surface area contributed by atoms with E-state index < -0.39 is 5.97 Å². The Bertz CT molecular complexity index is 1070. The van der Waals surface area contributed by atoms with Crippen LogP contribution in [0.3, 0.4) is 0 Å². The number of hydrogen-bond donors (Lipinski definition) is 1. The molecule has 0 saturated carbocycles. The van der Waals surface area contributed by atoms with Gasteiger partial charge in [0, 0.05) is 11.6 Å². The van der Waals surface area contributed by atoms with Crippen LogP contribution in [0.2, 0.25) is 5.02 Å². The molecule has 0 amide bonds. The molecule has 172 valence electrons. The van der Waals surface area contributed by atoms with Gasteiger partial charge in [-0.25, -0.2) is 0 Å². The smallest absolute Gasteiger partial charge is 0.307 e. The van der Waals surface area contributed by atoms with Crippen LogP contribution in [0.5, 0.6) is 11.5 Å². The molecule has 3 aromatic carbocycles. The molecule has 1 saturated heterocycles. The fraction of sp³-hybridized carbons (Fsp3) is 0.296. The number of carboxylic acids is 1. The van der Waals surface area contributed by atoms with Crippen molar-refractivity contribution in [3.05, 3.63) is 94.5 Å². The number of benzene rings is 3. The number of ether oxygens (including phenoxy) is 2. The number of carboxylic acid groups (broad SMARTS) is 1. The minimum absolute atomic E-state index is 0.110. The fourth-order valence-electron chi connectivity index (χ4n) is 4.41. The first-order chi connectivity index (χ1) is 16.0. The molecule has 0 bridgehead atoms. The van der Waals surface area contributed by atoms with Gasteiger partial charge in [0.2, 0.25) is 0 Å². The highest BCUT2D eigenvalue weighted by Crippen LogP contribution is 2.37. The number of likely N-dealkylation sites (tertiary alicyclic amines) is 1. The number of aliphatic carboxylic acids is 1. The first-order valence-electron chi connectivity index (χ1n) is 11.1. The van der Waals surface area contributed by atoms with Crippen molar-refractivity contribution in [2.75, 3.05) is 20.2 Å². The Morgan fingerprint density at radius 2 is 1.79 bits per heavy atom. The van der Waals surface area contributed by atoms with Gasteiger partial charge in [0.1, 0.15) is 6.61 Å². The SMILES string of the molecule is COc1cc(C(c2ccc(Cl)cc2)N2CCCC(C(=O)O)C2)ccc1OCc1ccccc1. The standard InChI is InChI=1S/C27H28ClNO4/c1-32-25-16-21(11-14-24(25)33-18-19-6-3-2-4-7-19)26(20-9-12-23(28)13-10-20)29-15-5-8-22(17-29)27(30)31/h2-4,6-7,9-14,16,22,26H,5,8,15,17-18H2,1H3,(H,30,31). The van der Waals surface area contributed by atoms with Gasteiger partial charge < -0.3 is 14.6 Å². The maximum atomic E-state index is 11.7. The summed E-state index contributed by atoms with van der Waals surface area (Å²) in [6, 6.07) is 23.6. The third-order valence-corrected chi connectivity index (χ3v) is 6.35. The summed E-state index contributed by atoms with van der Waals surface area (Å²) in [7, 11) is 1.63. The molecule has 4 rings (SSSR count). The lowest BCUT2D eigenvalue weighted by Gasteiger charge is -2.37. The number of hydrogen-bond acceptors (Lipinski definition) is 4. The van der Waals surface area contributed by atoms with Gasteiger partial charge in [0.05, 0.1) is 19.1 Å². The van der Waals surface area contributed by atoms with Crippen LogP contribution in [0, 0.1) is 5.92 Å². The van der Waals surface area contributed by atoms with E-state index in [1.54, 1.807) is 7.11 Å². The lowest BCUT2D eigenvalue weighted by molar-refractivity contribution is -0.143. The Balaban J connectivity index is 1.64. The highest BCUT2D eigenvalue weighted by molar-refractivity contribution is 6.30.